The summed E-state index contributed by atoms with van der Waals surface area (Å²) in [6.07, 6.45) is 18.4. The van der Waals surface area contributed by atoms with Crippen LogP contribution in [0.2, 0.25) is 0 Å². The summed E-state index contributed by atoms with van der Waals surface area (Å²) in [4.78, 5) is 23.8. The number of rotatable bonds is 17. The molecule has 0 saturated carbocycles. The van der Waals surface area contributed by atoms with E-state index in [2.05, 4.69) is 19.6 Å². The minimum atomic E-state index is -0.836. The van der Waals surface area contributed by atoms with Gasteiger partial charge in [0.15, 0.2) is 0 Å². The van der Waals surface area contributed by atoms with Gasteiger partial charge in [0.25, 0.3) is 0 Å². The van der Waals surface area contributed by atoms with E-state index in [0.29, 0.717) is 41.8 Å². The smallest absolute Gasteiger partial charge is 0.343 e. The van der Waals surface area contributed by atoms with Crippen LogP contribution in [0.25, 0.3) is 0 Å². The minimum absolute atomic E-state index is 0.169. The first-order valence-corrected chi connectivity index (χ1v) is 14.6. The lowest BCUT2D eigenvalue weighted by molar-refractivity contribution is -0.105. The number of hydrogen-bond acceptors (Lipinski definition) is 6. The molecular weight excluding hydrogens is 504 g/mol. The molecule has 216 valence electrons. The largest absolute Gasteiger partial charge is 0.501 e. The number of aliphatic hydroxyl groups excluding tert-OH is 1. The number of benzene rings is 1. The van der Waals surface area contributed by atoms with Gasteiger partial charge in [0, 0.05) is 19.3 Å². The van der Waals surface area contributed by atoms with E-state index in [9.17, 15) is 14.7 Å². The normalized spacial score (nSPS) is 16.5. The van der Waals surface area contributed by atoms with Crippen LogP contribution in [-0.2, 0) is 14.3 Å². The minimum Gasteiger partial charge on any atom is -0.501 e. The zero-order chi connectivity index (χ0) is 28.7. The number of aldehydes is 1. The number of aliphatic hydroxyl groups is 1. The van der Waals surface area contributed by atoms with Crippen LogP contribution in [0.4, 0.5) is 0 Å². The Morgan fingerprint density at radius 2 is 1.55 bits per heavy atom. The SMILES string of the molecule is C=C(C=O)CC(O)C(CCCCCCCC)Oc1ccc(C(=O)OC2=CC=C(C3=CC=C(OC)CC3)CC2)cc1. The molecule has 3 rings (SSSR count). The van der Waals surface area contributed by atoms with E-state index in [0.717, 1.165) is 44.3 Å². The summed E-state index contributed by atoms with van der Waals surface area (Å²) in [5, 5.41) is 10.7. The summed E-state index contributed by atoms with van der Waals surface area (Å²) in [5.74, 6) is 1.79. The second-order valence-electron chi connectivity index (χ2n) is 10.5. The third-order valence-corrected chi connectivity index (χ3v) is 7.41. The maximum Gasteiger partial charge on any atom is 0.343 e. The molecule has 1 aromatic rings. The van der Waals surface area contributed by atoms with Crippen molar-refractivity contribution < 1.29 is 28.9 Å². The van der Waals surface area contributed by atoms with Gasteiger partial charge in [-0.15, -0.1) is 0 Å². The topological polar surface area (TPSA) is 82.1 Å². The zero-order valence-electron chi connectivity index (χ0n) is 24.0. The van der Waals surface area contributed by atoms with Crippen molar-refractivity contribution in [1.29, 1.82) is 0 Å². The molecule has 0 aromatic heterocycles. The van der Waals surface area contributed by atoms with Crippen molar-refractivity contribution in [1.82, 2.24) is 0 Å². The Hall–Kier alpha value is -3.38. The predicted molar refractivity (Wildman–Crippen MR) is 158 cm³/mol. The zero-order valence-corrected chi connectivity index (χ0v) is 24.0. The maximum atomic E-state index is 12.8. The molecule has 0 aliphatic heterocycles. The Bertz CT molecular complexity index is 1120. The average Bonchev–Trinajstić information content (AvgIpc) is 2.99. The fourth-order valence-electron chi connectivity index (χ4n) is 4.95. The second-order valence-corrected chi connectivity index (χ2v) is 10.5. The molecule has 2 aliphatic rings. The van der Waals surface area contributed by atoms with Crippen molar-refractivity contribution in [2.75, 3.05) is 7.11 Å². The molecule has 0 heterocycles. The molecule has 1 N–H and O–H groups in total. The van der Waals surface area contributed by atoms with Gasteiger partial charge in [-0.25, -0.2) is 4.79 Å². The fourth-order valence-corrected chi connectivity index (χ4v) is 4.95. The quantitative estimate of drug-likeness (QED) is 0.0930. The second kappa shape index (κ2) is 16.7. The van der Waals surface area contributed by atoms with Crippen molar-refractivity contribution in [3.63, 3.8) is 0 Å². The van der Waals surface area contributed by atoms with E-state index in [-0.39, 0.29) is 6.42 Å². The highest BCUT2D eigenvalue weighted by Gasteiger charge is 2.22. The highest BCUT2D eigenvalue weighted by atomic mass is 16.5. The summed E-state index contributed by atoms with van der Waals surface area (Å²) in [7, 11) is 1.70. The molecule has 2 unspecified atom stereocenters. The molecule has 6 heteroatoms. The number of ether oxygens (including phenoxy) is 3. The standard InChI is InChI=1S/C34H44O6/c1-4-5-6-7-8-9-10-33(32(36)23-25(2)24-35)39-30-21-15-28(16-22-30)34(37)40-31-19-13-27(14-20-31)26-11-17-29(38-3)18-12-26/h11,13,15-17,19,21-22,24,32-33,36H,2,4-10,12,14,18,20,23H2,1,3H3. The first kappa shape index (κ1) is 31.2. The van der Waals surface area contributed by atoms with Gasteiger partial charge >= 0.3 is 5.97 Å². The summed E-state index contributed by atoms with van der Waals surface area (Å²) in [5.41, 5.74) is 3.33. The maximum absolute atomic E-state index is 12.8. The lowest BCUT2D eigenvalue weighted by Gasteiger charge is -2.24. The highest BCUT2D eigenvalue weighted by Crippen LogP contribution is 2.31. The van der Waals surface area contributed by atoms with E-state index in [1.54, 1.807) is 31.4 Å². The Kier molecular flexibility index (Phi) is 13.0. The van der Waals surface area contributed by atoms with Crippen molar-refractivity contribution in [3.8, 4) is 5.75 Å². The van der Waals surface area contributed by atoms with Crippen molar-refractivity contribution in [3.05, 3.63) is 88.9 Å². The number of esters is 1. The summed E-state index contributed by atoms with van der Waals surface area (Å²) in [6.45, 7) is 5.88. The molecule has 0 bridgehead atoms. The van der Waals surface area contributed by atoms with E-state index < -0.39 is 18.2 Å². The molecule has 1 aromatic carbocycles. The van der Waals surface area contributed by atoms with Crippen LogP contribution in [0.15, 0.2) is 83.4 Å². The van der Waals surface area contributed by atoms with Crippen molar-refractivity contribution >= 4 is 12.3 Å². The Morgan fingerprint density at radius 3 is 2.12 bits per heavy atom. The molecule has 6 nitrogen and oxygen atoms in total. The number of unbranched alkanes of at least 4 members (excludes halogenated alkanes) is 5. The van der Waals surface area contributed by atoms with Gasteiger partial charge in [-0.3, -0.25) is 4.79 Å². The van der Waals surface area contributed by atoms with Crippen LogP contribution in [-0.4, -0.2) is 36.7 Å². The van der Waals surface area contributed by atoms with E-state index in [1.165, 1.54) is 30.4 Å². The summed E-state index contributed by atoms with van der Waals surface area (Å²) in [6, 6.07) is 6.79. The molecule has 0 spiro atoms. The third kappa shape index (κ3) is 9.98. The van der Waals surface area contributed by atoms with Gasteiger partial charge in [0.05, 0.1) is 24.5 Å². The first-order chi connectivity index (χ1) is 19.4. The van der Waals surface area contributed by atoms with Crippen LogP contribution in [0.5, 0.6) is 5.75 Å². The van der Waals surface area contributed by atoms with Crippen molar-refractivity contribution in [2.24, 2.45) is 0 Å². The summed E-state index contributed by atoms with van der Waals surface area (Å²) < 4.78 is 17.1. The molecule has 2 atom stereocenters. The van der Waals surface area contributed by atoms with Gasteiger partial charge in [-0.1, -0.05) is 57.8 Å². The third-order valence-electron chi connectivity index (χ3n) is 7.41. The van der Waals surface area contributed by atoms with Gasteiger partial charge < -0.3 is 19.3 Å². The van der Waals surface area contributed by atoms with Crippen LogP contribution >= 0.6 is 0 Å². The Morgan fingerprint density at radius 1 is 0.925 bits per heavy atom. The highest BCUT2D eigenvalue weighted by molar-refractivity contribution is 5.90. The fraction of sp³-hybridized carbons (Fsp3) is 0.471. The summed E-state index contributed by atoms with van der Waals surface area (Å²) >= 11 is 0. The Balaban J connectivity index is 1.56. The van der Waals surface area contributed by atoms with Gasteiger partial charge in [0.2, 0.25) is 0 Å². The Labute approximate surface area is 239 Å². The number of hydrogen-bond donors (Lipinski definition) is 1. The lowest BCUT2D eigenvalue weighted by atomic mass is 9.90. The number of allylic oxidation sites excluding steroid dienone is 8. The molecule has 0 amide bonds. The monoisotopic (exact) mass is 548 g/mol. The van der Waals surface area contributed by atoms with Crippen LogP contribution in [0.3, 0.4) is 0 Å². The van der Waals surface area contributed by atoms with Gasteiger partial charge in [-0.2, -0.15) is 0 Å². The van der Waals surface area contributed by atoms with Gasteiger partial charge in [-0.05, 0) is 78.8 Å². The number of methoxy groups -OCH3 is 1. The molecule has 0 fully saturated rings. The van der Waals surface area contributed by atoms with E-state index in [1.807, 2.05) is 18.2 Å². The number of carbonyl (C=O) groups excluding carboxylic acids is 2. The molecule has 0 saturated heterocycles. The van der Waals surface area contributed by atoms with E-state index >= 15 is 0 Å². The molecule has 40 heavy (non-hydrogen) atoms. The molecular formula is C34H44O6. The first-order valence-electron chi connectivity index (χ1n) is 14.6. The average molecular weight is 549 g/mol. The van der Waals surface area contributed by atoms with Crippen molar-refractivity contribution in [2.45, 2.75) is 96.2 Å². The van der Waals surface area contributed by atoms with Crippen LogP contribution < -0.4 is 4.74 Å². The van der Waals surface area contributed by atoms with Crippen LogP contribution in [0.1, 0.15) is 94.3 Å². The molecule has 0 radical (unpaired) electrons. The number of carbonyl (C=O) groups is 2. The van der Waals surface area contributed by atoms with Gasteiger partial charge in [0.1, 0.15) is 23.9 Å². The predicted octanol–water partition coefficient (Wildman–Crippen LogP) is 7.70. The lowest BCUT2D eigenvalue weighted by Crippen LogP contribution is -2.32. The van der Waals surface area contributed by atoms with Crippen LogP contribution in [0, 0.1) is 0 Å². The molecule has 2 aliphatic carbocycles. The van der Waals surface area contributed by atoms with E-state index in [4.69, 9.17) is 14.2 Å².